The van der Waals surface area contributed by atoms with E-state index in [-0.39, 0.29) is 11.8 Å². The number of rotatable bonds is 7. The Hall–Kier alpha value is -3.26. The second-order valence-electron chi connectivity index (χ2n) is 7.26. The van der Waals surface area contributed by atoms with E-state index in [2.05, 4.69) is 22.2 Å². The zero-order valence-electron chi connectivity index (χ0n) is 17.3. The highest BCUT2D eigenvalue weighted by molar-refractivity contribution is 7.15. The highest BCUT2D eigenvalue weighted by Crippen LogP contribution is 2.29. The number of pyridine rings is 1. The number of fused-ring (bicyclic) bond motifs is 1. The molecule has 31 heavy (non-hydrogen) atoms. The normalized spacial score (nSPS) is 12.9. The molecule has 1 aliphatic rings. The van der Waals surface area contributed by atoms with Crippen LogP contribution in [-0.4, -0.2) is 39.8 Å². The van der Waals surface area contributed by atoms with Crippen LogP contribution in [0.1, 0.15) is 51.2 Å². The molecule has 4 rings (SSSR count). The van der Waals surface area contributed by atoms with Crippen LogP contribution in [0.5, 0.6) is 5.75 Å². The fraction of sp³-hybridized carbons (Fsp3) is 0.304. The summed E-state index contributed by atoms with van der Waals surface area (Å²) in [5.74, 6) is 0.473. The van der Waals surface area contributed by atoms with Gasteiger partial charge in [-0.25, -0.2) is 4.98 Å². The second kappa shape index (κ2) is 9.70. The molecule has 0 spiro atoms. The first-order valence-corrected chi connectivity index (χ1v) is 11.2. The lowest BCUT2D eigenvalue weighted by atomic mass is 10.1. The fourth-order valence-electron chi connectivity index (χ4n) is 3.29. The van der Waals surface area contributed by atoms with Crippen molar-refractivity contribution in [3.63, 3.8) is 0 Å². The molecule has 0 aliphatic carbocycles. The van der Waals surface area contributed by atoms with E-state index in [0.717, 1.165) is 29.2 Å². The molecule has 0 fully saturated rings. The van der Waals surface area contributed by atoms with E-state index in [4.69, 9.17) is 4.74 Å². The Morgan fingerprint density at radius 1 is 1.19 bits per heavy atom. The zero-order chi connectivity index (χ0) is 21.6. The molecular formula is C23H24N4O3S. The van der Waals surface area contributed by atoms with Gasteiger partial charge in [0.15, 0.2) is 5.13 Å². The number of carbonyl (C=O) groups is 2. The summed E-state index contributed by atoms with van der Waals surface area (Å²) in [6.07, 6.45) is 4.33. The van der Waals surface area contributed by atoms with Gasteiger partial charge in [-0.15, -0.1) is 0 Å². The molecule has 0 bridgehead atoms. The number of hydrogen-bond donors (Lipinski definition) is 1. The molecule has 3 heterocycles. The largest absolute Gasteiger partial charge is 0.494 e. The Morgan fingerprint density at radius 3 is 2.77 bits per heavy atom. The Kier molecular flexibility index (Phi) is 6.57. The number of amides is 2. The molecule has 3 aromatic rings. The van der Waals surface area contributed by atoms with Gasteiger partial charge in [0.05, 0.1) is 18.8 Å². The topological polar surface area (TPSA) is 84.4 Å². The maximum atomic E-state index is 12.9. The molecular weight excluding hydrogens is 412 g/mol. The summed E-state index contributed by atoms with van der Waals surface area (Å²) in [5.41, 5.74) is 1.92. The van der Waals surface area contributed by atoms with Crippen molar-refractivity contribution in [2.24, 2.45) is 0 Å². The quantitative estimate of drug-likeness (QED) is 0.562. The second-order valence-corrected chi connectivity index (χ2v) is 8.34. The third kappa shape index (κ3) is 5.08. The van der Waals surface area contributed by atoms with Crippen molar-refractivity contribution in [1.29, 1.82) is 0 Å². The minimum Gasteiger partial charge on any atom is -0.494 e. The molecule has 0 saturated heterocycles. The standard InChI is InChI=1S/C23H24N4O3S/c1-2-3-14-30-17-9-7-16(8-10-17)22(29)27-13-11-18-20(15-27)31-23(25-18)26-21(28)19-6-4-5-12-24-19/h4-10,12H,2-3,11,13-15H2,1H3,(H,25,26,28). The maximum absolute atomic E-state index is 12.9. The van der Waals surface area contributed by atoms with Gasteiger partial charge in [0.1, 0.15) is 11.4 Å². The summed E-state index contributed by atoms with van der Waals surface area (Å²) in [4.78, 5) is 36.7. The van der Waals surface area contributed by atoms with Gasteiger partial charge in [-0.2, -0.15) is 0 Å². The molecule has 1 aromatic carbocycles. The van der Waals surface area contributed by atoms with Crippen molar-refractivity contribution in [2.45, 2.75) is 32.7 Å². The lowest BCUT2D eigenvalue weighted by Gasteiger charge is -2.26. The van der Waals surface area contributed by atoms with Crippen molar-refractivity contribution < 1.29 is 14.3 Å². The van der Waals surface area contributed by atoms with Gasteiger partial charge in [0, 0.05) is 29.6 Å². The van der Waals surface area contributed by atoms with Crippen LogP contribution in [0.15, 0.2) is 48.7 Å². The maximum Gasteiger partial charge on any atom is 0.276 e. The van der Waals surface area contributed by atoms with E-state index < -0.39 is 0 Å². The van der Waals surface area contributed by atoms with Gasteiger partial charge in [-0.05, 0) is 42.8 Å². The number of benzene rings is 1. The molecule has 0 radical (unpaired) electrons. The summed E-state index contributed by atoms with van der Waals surface area (Å²) < 4.78 is 5.67. The van der Waals surface area contributed by atoms with Crippen LogP contribution in [0, 0.1) is 0 Å². The lowest BCUT2D eigenvalue weighted by Crippen LogP contribution is -2.35. The van der Waals surface area contributed by atoms with Crippen LogP contribution in [-0.2, 0) is 13.0 Å². The van der Waals surface area contributed by atoms with Gasteiger partial charge in [-0.1, -0.05) is 30.7 Å². The molecule has 8 heteroatoms. The summed E-state index contributed by atoms with van der Waals surface area (Å²) in [7, 11) is 0. The Morgan fingerprint density at radius 2 is 2.03 bits per heavy atom. The van der Waals surface area contributed by atoms with Crippen LogP contribution in [0.3, 0.4) is 0 Å². The van der Waals surface area contributed by atoms with Gasteiger partial charge in [0.2, 0.25) is 0 Å². The average molecular weight is 437 g/mol. The molecule has 160 valence electrons. The van der Waals surface area contributed by atoms with E-state index in [0.29, 0.717) is 42.5 Å². The highest BCUT2D eigenvalue weighted by atomic mass is 32.1. The first kappa shape index (κ1) is 21.0. The zero-order valence-corrected chi connectivity index (χ0v) is 18.2. The van der Waals surface area contributed by atoms with Crippen LogP contribution in [0.25, 0.3) is 0 Å². The molecule has 7 nitrogen and oxygen atoms in total. The molecule has 2 amide bonds. The Balaban J connectivity index is 1.38. The summed E-state index contributed by atoms with van der Waals surface area (Å²) in [6.45, 7) is 3.89. The van der Waals surface area contributed by atoms with Gasteiger partial charge >= 0.3 is 0 Å². The number of aromatic nitrogens is 2. The first-order chi connectivity index (χ1) is 15.1. The number of ether oxygens (including phenoxy) is 1. The van der Waals surface area contributed by atoms with Crippen molar-refractivity contribution in [2.75, 3.05) is 18.5 Å². The predicted molar refractivity (Wildman–Crippen MR) is 120 cm³/mol. The van der Waals surface area contributed by atoms with Crippen LogP contribution in [0.2, 0.25) is 0 Å². The number of nitrogens with one attached hydrogen (secondary N) is 1. The SMILES string of the molecule is CCCCOc1ccc(C(=O)N2CCc3nc(NC(=O)c4ccccn4)sc3C2)cc1. The monoisotopic (exact) mass is 436 g/mol. The third-order valence-electron chi connectivity index (χ3n) is 5.00. The van der Waals surface area contributed by atoms with Gasteiger partial charge in [-0.3, -0.25) is 19.9 Å². The van der Waals surface area contributed by atoms with E-state index in [1.165, 1.54) is 11.3 Å². The lowest BCUT2D eigenvalue weighted by molar-refractivity contribution is 0.0736. The Labute approximate surface area is 185 Å². The summed E-state index contributed by atoms with van der Waals surface area (Å²) >= 11 is 1.40. The van der Waals surface area contributed by atoms with Gasteiger partial charge < -0.3 is 9.64 Å². The first-order valence-electron chi connectivity index (χ1n) is 10.4. The third-order valence-corrected chi connectivity index (χ3v) is 6.00. The van der Waals surface area contributed by atoms with E-state index in [1.807, 2.05) is 29.2 Å². The average Bonchev–Trinajstić information content (AvgIpc) is 3.21. The number of hydrogen-bond acceptors (Lipinski definition) is 6. The smallest absolute Gasteiger partial charge is 0.276 e. The Bertz CT molecular complexity index is 1050. The van der Waals surface area contributed by atoms with Crippen molar-refractivity contribution in [1.82, 2.24) is 14.9 Å². The highest BCUT2D eigenvalue weighted by Gasteiger charge is 2.25. The summed E-state index contributed by atoms with van der Waals surface area (Å²) in [5, 5.41) is 3.34. The summed E-state index contributed by atoms with van der Waals surface area (Å²) in [6, 6.07) is 12.5. The molecule has 0 atom stereocenters. The fourth-order valence-corrected chi connectivity index (χ4v) is 4.31. The number of nitrogens with zero attached hydrogens (tertiary/aromatic N) is 3. The van der Waals surface area contributed by atoms with E-state index in [9.17, 15) is 9.59 Å². The number of unbranched alkanes of at least 4 members (excludes halogenated alkanes) is 1. The molecule has 1 aliphatic heterocycles. The van der Waals surface area contributed by atoms with Crippen molar-refractivity contribution in [3.8, 4) is 5.75 Å². The predicted octanol–water partition coefficient (Wildman–Crippen LogP) is 4.17. The molecule has 0 saturated carbocycles. The number of anilines is 1. The minimum atomic E-state index is -0.291. The van der Waals surface area contributed by atoms with Crippen LogP contribution >= 0.6 is 11.3 Å². The van der Waals surface area contributed by atoms with Crippen LogP contribution < -0.4 is 10.1 Å². The molecule has 2 aromatic heterocycles. The van der Waals surface area contributed by atoms with Crippen molar-refractivity contribution >= 4 is 28.3 Å². The minimum absolute atomic E-state index is 0.0155. The number of carbonyl (C=O) groups excluding carboxylic acids is 2. The van der Waals surface area contributed by atoms with E-state index in [1.54, 1.807) is 24.4 Å². The molecule has 1 N–H and O–H groups in total. The van der Waals surface area contributed by atoms with Crippen molar-refractivity contribution in [3.05, 3.63) is 70.5 Å². The van der Waals surface area contributed by atoms with Gasteiger partial charge in [0.25, 0.3) is 11.8 Å². The molecule has 0 unspecified atom stereocenters. The number of thiazole rings is 1. The van der Waals surface area contributed by atoms with Crippen LogP contribution in [0.4, 0.5) is 5.13 Å². The van der Waals surface area contributed by atoms with E-state index >= 15 is 0 Å².